The molecule has 1 aromatic carbocycles. The number of carbonyl (C=O) groups excluding carboxylic acids is 1. The molecule has 1 atom stereocenters. The smallest absolute Gasteiger partial charge is 0.143 e. The van der Waals surface area contributed by atoms with Crippen LogP contribution in [0.5, 0.6) is 5.75 Å². The Kier molecular flexibility index (Phi) is 4.12. The molecule has 2 aromatic rings. The van der Waals surface area contributed by atoms with Crippen LogP contribution in [0, 0.1) is 0 Å². The Balaban J connectivity index is 2.45. The molecule has 5 heteroatoms. The van der Waals surface area contributed by atoms with Gasteiger partial charge in [-0.05, 0) is 24.6 Å². The largest absolute Gasteiger partial charge is 0.495 e. The molecule has 0 radical (unpaired) electrons. The highest BCUT2D eigenvalue weighted by atomic mass is 35.5. The van der Waals surface area contributed by atoms with Crippen LogP contribution in [0.15, 0.2) is 36.5 Å². The average molecular weight is 277 g/mol. The number of ketones is 1. The summed E-state index contributed by atoms with van der Waals surface area (Å²) in [6, 6.07) is 8.85. The minimum absolute atomic E-state index is 0.00937. The van der Waals surface area contributed by atoms with Crippen LogP contribution >= 0.6 is 11.6 Å². The van der Waals surface area contributed by atoms with Crippen LogP contribution in [-0.2, 0) is 4.79 Å². The first-order chi connectivity index (χ1) is 9.11. The molecular weight excluding hydrogens is 264 g/mol. The van der Waals surface area contributed by atoms with Gasteiger partial charge in [0.1, 0.15) is 11.5 Å². The van der Waals surface area contributed by atoms with Gasteiger partial charge in [0.25, 0.3) is 0 Å². The number of carbonyl (C=O) groups is 1. The third-order valence-electron chi connectivity index (χ3n) is 2.79. The normalized spacial score (nSPS) is 11.9. The van der Waals surface area contributed by atoms with Gasteiger partial charge in [0.15, 0.2) is 0 Å². The van der Waals surface area contributed by atoms with E-state index in [-0.39, 0.29) is 5.78 Å². The zero-order valence-corrected chi connectivity index (χ0v) is 11.4. The van der Waals surface area contributed by atoms with Crippen molar-refractivity contribution in [1.29, 1.82) is 0 Å². The fourth-order valence-corrected chi connectivity index (χ4v) is 2.01. The first-order valence-electron chi connectivity index (χ1n) is 5.74. The summed E-state index contributed by atoms with van der Waals surface area (Å²) in [5.74, 6) is 0.106. The molecule has 98 valence electrons. The number of rotatable bonds is 4. The maximum atomic E-state index is 11.9. The highest BCUT2D eigenvalue weighted by Crippen LogP contribution is 2.26. The van der Waals surface area contributed by atoms with Crippen LogP contribution in [0.2, 0.25) is 5.02 Å². The summed E-state index contributed by atoms with van der Waals surface area (Å²) in [5, 5.41) is 8.50. The number of nitrogens with zero attached hydrogens (tertiary/aromatic N) is 2. The fourth-order valence-electron chi connectivity index (χ4n) is 1.89. The van der Waals surface area contributed by atoms with Gasteiger partial charge in [-0.3, -0.25) is 4.79 Å². The number of Topliss-reactive ketones (excluding diaryl/α,β-unsaturated/α-hetero) is 1. The minimum atomic E-state index is -0.458. The average Bonchev–Trinajstić information content (AvgIpc) is 2.41. The van der Waals surface area contributed by atoms with Crippen molar-refractivity contribution in [3.8, 4) is 5.75 Å². The molecule has 0 spiro atoms. The minimum Gasteiger partial charge on any atom is -0.495 e. The SMILES string of the molecule is COc1cnnc(C(C(C)=O)c2ccc(Cl)cc2)c1. The second-order valence-corrected chi connectivity index (χ2v) is 4.55. The quantitative estimate of drug-likeness (QED) is 0.862. The highest BCUT2D eigenvalue weighted by Gasteiger charge is 2.21. The molecule has 2 rings (SSSR count). The van der Waals surface area contributed by atoms with Gasteiger partial charge in [-0.25, -0.2) is 0 Å². The topological polar surface area (TPSA) is 52.1 Å². The first kappa shape index (κ1) is 13.5. The van der Waals surface area contributed by atoms with E-state index in [0.29, 0.717) is 16.5 Å². The molecule has 0 aliphatic heterocycles. The summed E-state index contributed by atoms with van der Waals surface area (Å²) < 4.78 is 5.10. The summed E-state index contributed by atoms with van der Waals surface area (Å²) in [5.41, 5.74) is 1.40. The molecule has 4 nitrogen and oxygen atoms in total. The lowest BCUT2D eigenvalue weighted by Crippen LogP contribution is -2.13. The lowest BCUT2D eigenvalue weighted by atomic mass is 9.92. The van der Waals surface area contributed by atoms with Gasteiger partial charge >= 0.3 is 0 Å². The zero-order chi connectivity index (χ0) is 13.8. The van der Waals surface area contributed by atoms with Gasteiger partial charge in [-0.1, -0.05) is 23.7 Å². The summed E-state index contributed by atoms with van der Waals surface area (Å²) in [7, 11) is 1.55. The number of hydrogen-bond donors (Lipinski definition) is 0. The van der Waals surface area contributed by atoms with Crippen molar-refractivity contribution >= 4 is 17.4 Å². The molecule has 0 amide bonds. The van der Waals surface area contributed by atoms with Crippen LogP contribution in [0.3, 0.4) is 0 Å². The summed E-state index contributed by atoms with van der Waals surface area (Å²) in [6.45, 7) is 1.53. The molecule has 0 bridgehead atoms. The van der Waals surface area contributed by atoms with Crippen LogP contribution in [0.25, 0.3) is 0 Å². The molecule has 0 aliphatic carbocycles. The number of hydrogen-bond acceptors (Lipinski definition) is 4. The van der Waals surface area contributed by atoms with E-state index in [9.17, 15) is 4.79 Å². The maximum Gasteiger partial charge on any atom is 0.143 e. The Morgan fingerprint density at radius 1 is 1.32 bits per heavy atom. The molecule has 1 aromatic heterocycles. The first-order valence-corrected chi connectivity index (χ1v) is 6.12. The molecule has 0 saturated heterocycles. The third kappa shape index (κ3) is 3.09. The predicted octanol–water partition coefficient (Wildman–Crippen LogP) is 2.86. The van der Waals surface area contributed by atoms with Gasteiger partial charge in [-0.15, -0.1) is 0 Å². The molecule has 0 fully saturated rings. The maximum absolute atomic E-state index is 11.9. The van der Waals surface area contributed by atoms with Crippen molar-refractivity contribution in [3.63, 3.8) is 0 Å². The molecule has 1 heterocycles. The lowest BCUT2D eigenvalue weighted by Gasteiger charge is -2.13. The van der Waals surface area contributed by atoms with Gasteiger partial charge in [-0.2, -0.15) is 10.2 Å². The van der Waals surface area contributed by atoms with E-state index in [4.69, 9.17) is 16.3 Å². The van der Waals surface area contributed by atoms with E-state index in [1.54, 1.807) is 25.3 Å². The lowest BCUT2D eigenvalue weighted by molar-refractivity contribution is -0.117. The Bertz CT molecular complexity index is 584. The Morgan fingerprint density at radius 3 is 2.58 bits per heavy atom. The second kappa shape index (κ2) is 5.80. The molecule has 0 saturated carbocycles. The molecule has 0 aliphatic rings. The van der Waals surface area contributed by atoms with Crippen molar-refractivity contribution in [3.05, 3.63) is 52.8 Å². The third-order valence-corrected chi connectivity index (χ3v) is 3.04. The van der Waals surface area contributed by atoms with Crippen LogP contribution in [0.1, 0.15) is 24.1 Å². The Morgan fingerprint density at radius 2 is 2.00 bits per heavy atom. The number of benzene rings is 1. The number of halogens is 1. The number of methoxy groups -OCH3 is 1. The second-order valence-electron chi connectivity index (χ2n) is 4.12. The summed E-state index contributed by atoms with van der Waals surface area (Å²) in [4.78, 5) is 11.9. The van der Waals surface area contributed by atoms with Crippen molar-refractivity contribution in [1.82, 2.24) is 10.2 Å². The molecule has 19 heavy (non-hydrogen) atoms. The Hall–Kier alpha value is -1.94. The number of ether oxygens (including phenoxy) is 1. The highest BCUT2D eigenvalue weighted by molar-refractivity contribution is 6.30. The van der Waals surface area contributed by atoms with Crippen molar-refractivity contribution in [2.24, 2.45) is 0 Å². The van der Waals surface area contributed by atoms with Crippen LogP contribution in [-0.4, -0.2) is 23.1 Å². The van der Waals surface area contributed by atoms with Crippen molar-refractivity contribution in [2.45, 2.75) is 12.8 Å². The summed E-state index contributed by atoms with van der Waals surface area (Å²) in [6.07, 6.45) is 1.50. The van der Waals surface area contributed by atoms with Crippen molar-refractivity contribution in [2.75, 3.05) is 7.11 Å². The molecule has 0 N–H and O–H groups in total. The van der Waals surface area contributed by atoms with Gasteiger partial charge in [0.2, 0.25) is 0 Å². The van der Waals surface area contributed by atoms with Crippen LogP contribution < -0.4 is 4.74 Å². The van der Waals surface area contributed by atoms with Crippen molar-refractivity contribution < 1.29 is 9.53 Å². The standard InChI is InChI=1S/C14H13ClN2O2/c1-9(18)14(10-3-5-11(15)6-4-10)13-7-12(19-2)8-16-17-13/h3-8,14H,1-2H3. The molecule has 1 unspecified atom stereocenters. The van der Waals surface area contributed by atoms with E-state index in [0.717, 1.165) is 5.56 Å². The molecular formula is C14H13ClN2O2. The Labute approximate surface area is 116 Å². The van der Waals surface area contributed by atoms with E-state index >= 15 is 0 Å². The fraction of sp³-hybridized carbons (Fsp3) is 0.214. The van der Waals surface area contributed by atoms with E-state index in [2.05, 4.69) is 10.2 Å². The predicted molar refractivity (Wildman–Crippen MR) is 72.6 cm³/mol. The van der Waals surface area contributed by atoms with E-state index in [1.807, 2.05) is 12.1 Å². The van der Waals surface area contributed by atoms with Gasteiger partial charge in [0.05, 0.1) is 24.9 Å². The van der Waals surface area contributed by atoms with Gasteiger partial charge in [0, 0.05) is 11.1 Å². The zero-order valence-electron chi connectivity index (χ0n) is 10.6. The van der Waals surface area contributed by atoms with E-state index < -0.39 is 5.92 Å². The van der Waals surface area contributed by atoms with E-state index in [1.165, 1.54) is 13.1 Å². The van der Waals surface area contributed by atoms with Gasteiger partial charge < -0.3 is 4.74 Å². The number of aromatic nitrogens is 2. The summed E-state index contributed by atoms with van der Waals surface area (Å²) >= 11 is 5.86. The monoisotopic (exact) mass is 276 g/mol. The van der Waals surface area contributed by atoms with Crippen LogP contribution in [0.4, 0.5) is 0 Å².